The number of nitrogens with zero attached hydrogens (tertiary/aromatic N) is 1. The number of rotatable bonds is 8. The molecular formula is C22H19ClNO4P. The SMILES string of the molecule is C/C(=N\P(Oc1ccccc1)Oc1ccccc1Cl)C(=O)OCc1ccccc1. The van der Waals surface area contributed by atoms with Gasteiger partial charge >= 0.3 is 14.5 Å². The van der Waals surface area contributed by atoms with Crippen LogP contribution in [0.3, 0.4) is 0 Å². The number of hydrogen-bond donors (Lipinski definition) is 0. The smallest absolute Gasteiger partial charge is 0.438 e. The molecule has 0 aliphatic heterocycles. The van der Waals surface area contributed by atoms with Gasteiger partial charge in [-0.05, 0) is 36.8 Å². The monoisotopic (exact) mass is 427 g/mol. The van der Waals surface area contributed by atoms with Crippen LogP contribution >= 0.6 is 20.1 Å². The first-order chi connectivity index (χ1) is 14.1. The average Bonchev–Trinajstić information content (AvgIpc) is 2.75. The van der Waals surface area contributed by atoms with Gasteiger partial charge in [-0.25, -0.2) is 4.79 Å². The van der Waals surface area contributed by atoms with Gasteiger partial charge in [0.1, 0.15) is 23.8 Å². The molecule has 3 aromatic rings. The lowest BCUT2D eigenvalue weighted by Crippen LogP contribution is -2.14. The zero-order valence-corrected chi connectivity index (χ0v) is 17.3. The summed E-state index contributed by atoms with van der Waals surface area (Å²) in [5.41, 5.74) is 1.04. The van der Waals surface area contributed by atoms with Crippen LogP contribution in [0.5, 0.6) is 11.5 Å². The van der Waals surface area contributed by atoms with Crippen molar-refractivity contribution in [3.63, 3.8) is 0 Å². The minimum atomic E-state index is -1.86. The molecule has 0 saturated carbocycles. The molecule has 1 unspecified atom stereocenters. The van der Waals surface area contributed by atoms with Crippen LogP contribution in [0.15, 0.2) is 89.7 Å². The van der Waals surface area contributed by atoms with E-state index in [0.29, 0.717) is 16.5 Å². The molecule has 0 saturated heterocycles. The van der Waals surface area contributed by atoms with E-state index in [1.165, 1.54) is 0 Å². The molecule has 0 fully saturated rings. The van der Waals surface area contributed by atoms with Crippen molar-refractivity contribution >= 4 is 31.8 Å². The minimum Gasteiger partial charge on any atom is -0.456 e. The Hall–Kier alpha value is -2.88. The predicted molar refractivity (Wildman–Crippen MR) is 115 cm³/mol. The third-order valence-corrected chi connectivity index (χ3v) is 5.18. The Kier molecular flexibility index (Phi) is 7.62. The van der Waals surface area contributed by atoms with Gasteiger partial charge in [-0.15, -0.1) is 0 Å². The van der Waals surface area contributed by atoms with E-state index in [-0.39, 0.29) is 12.3 Å². The van der Waals surface area contributed by atoms with Gasteiger partial charge in [-0.1, -0.05) is 72.3 Å². The number of carbonyl (C=O) groups is 1. The quantitative estimate of drug-likeness (QED) is 0.243. The largest absolute Gasteiger partial charge is 0.456 e. The fourth-order valence-corrected chi connectivity index (χ4v) is 3.53. The summed E-state index contributed by atoms with van der Waals surface area (Å²) in [7, 11) is -1.86. The van der Waals surface area contributed by atoms with Crippen molar-refractivity contribution in [1.29, 1.82) is 0 Å². The Morgan fingerprint density at radius 1 is 0.897 bits per heavy atom. The number of ether oxygens (including phenoxy) is 1. The predicted octanol–water partition coefficient (Wildman–Crippen LogP) is 6.23. The first-order valence-corrected chi connectivity index (χ1v) is 10.3. The second-order valence-electron chi connectivity index (χ2n) is 5.91. The molecule has 0 spiro atoms. The molecule has 0 radical (unpaired) electrons. The number of para-hydroxylation sites is 2. The molecule has 148 valence electrons. The highest BCUT2D eigenvalue weighted by atomic mass is 35.5. The summed E-state index contributed by atoms with van der Waals surface area (Å²) in [6.45, 7) is 1.72. The first-order valence-electron chi connectivity index (χ1n) is 8.84. The van der Waals surface area contributed by atoms with Gasteiger partial charge in [0.05, 0.1) is 5.02 Å². The lowest BCUT2D eigenvalue weighted by atomic mass is 10.2. The number of carbonyl (C=O) groups excluding carboxylic acids is 1. The molecule has 0 bridgehead atoms. The Bertz CT molecular complexity index is 967. The highest BCUT2D eigenvalue weighted by Gasteiger charge is 2.19. The molecule has 3 aromatic carbocycles. The maximum absolute atomic E-state index is 12.3. The molecule has 7 heteroatoms. The van der Waals surface area contributed by atoms with Gasteiger partial charge in [0.15, 0.2) is 0 Å². The van der Waals surface area contributed by atoms with Gasteiger partial charge in [0.25, 0.3) is 0 Å². The molecule has 29 heavy (non-hydrogen) atoms. The lowest BCUT2D eigenvalue weighted by molar-refractivity contribution is -0.136. The minimum absolute atomic E-state index is 0.148. The summed E-state index contributed by atoms with van der Waals surface area (Å²) < 4.78 is 21.3. The summed E-state index contributed by atoms with van der Waals surface area (Å²) in [6, 6.07) is 25.5. The summed E-state index contributed by atoms with van der Waals surface area (Å²) in [5, 5.41) is 0.427. The van der Waals surface area contributed by atoms with Crippen LogP contribution in [0.25, 0.3) is 0 Å². The van der Waals surface area contributed by atoms with Crippen molar-refractivity contribution in [2.24, 2.45) is 4.76 Å². The van der Waals surface area contributed by atoms with E-state index in [0.717, 1.165) is 5.56 Å². The fraction of sp³-hybridized carbons (Fsp3) is 0.0909. The molecular weight excluding hydrogens is 409 g/mol. The van der Waals surface area contributed by atoms with E-state index >= 15 is 0 Å². The zero-order valence-electron chi connectivity index (χ0n) is 15.7. The van der Waals surface area contributed by atoms with Gasteiger partial charge < -0.3 is 13.8 Å². The Morgan fingerprint density at radius 3 is 2.21 bits per heavy atom. The number of esters is 1. The van der Waals surface area contributed by atoms with E-state index in [1.807, 2.05) is 48.5 Å². The maximum Gasteiger partial charge on any atom is 0.438 e. The lowest BCUT2D eigenvalue weighted by Gasteiger charge is -2.15. The molecule has 3 rings (SSSR count). The first kappa shape index (κ1) is 20.8. The molecule has 5 nitrogen and oxygen atoms in total. The van der Waals surface area contributed by atoms with Crippen LogP contribution in [0.4, 0.5) is 0 Å². The van der Waals surface area contributed by atoms with E-state index in [2.05, 4.69) is 4.76 Å². The van der Waals surface area contributed by atoms with Crippen molar-refractivity contribution in [1.82, 2.24) is 0 Å². The van der Waals surface area contributed by atoms with Crippen LogP contribution < -0.4 is 9.05 Å². The average molecular weight is 428 g/mol. The van der Waals surface area contributed by atoms with Gasteiger partial charge in [-0.2, -0.15) is 4.76 Å². The topological polar surface area (TPSA) is 57.1 Å². The summed E-state index contributed by atoms with van der Waals surface area (Å²) in [4.78, 5) is 12.3. The highest BCUT2D eigenvalue weighted by molar-refractivity contribution is 7.47. The standard InChI is InChI=1S/C22H19ClNO4P/c1-17(22(25)26-16-18-10-4-2-5-11-18)24-29(27-19-12-6-3-7-13-19)28-21-15-9-8-14-20(21)23/h2-15H,16H2,1H3/b24-17+. The Labute approximate surface area is 175 Å². The molecule has 1 atom stereocenters. The van der Waals surface area contributed by atoms with E-state index in [4.69, 9.17) is 25.4 Å². The molecule has 0 N–H and O–H groups in total. The van der Waals surface area contributed by atoms with E-state index in [1.54, 1.807) is 43.3 Å². The molecule has 0 amide bonds. The van der Waals surface area contributed by atoms with E-state index < -0.39 is 14.5 Å². The number of halogens is 1. The maximum atomic E-state index is 12.3. The van der Waals surface area contributed by atoms with Crippen LogP contribution in [-0.4, -0.2) is 11.7 Å². The van der Waals surface area contributed by atoms with Crippen LogP contribution in [0, 0.1) is 0 Å². The summed E-state index contributed by atoms with van der Waals surface area (Å²) in [5.74, 6) is 0.450. The molecule has 0 aliphatic rings. The number of benzene rings is 3. The third kappa shape index (κ3) is 6.60. The van der Waals surface area contributed by atoms with Crippen molar-refractivity contribution in [2.45, 2.75) is 13.5 Å². The Morgan fingerprint density at radius 2 is 1.52 bits per heavy atom. The van der Waals surface area contributed by atoms with Gasteiger partial charge in [-0.3, -0.25) is 0 Å². The second-order valence-corrected chi connectivity index (χ2v) is 7.36. The number of hydrogen-bond acceptors (Lipinski definition) is 5. The Balaban J connectivity index is 1.73. The summed E-state index contributed by atoms with van der Waals surface area (Å²) in [6.07, 6.45) is 0. The van der Waals surface area contributed by atoms with Gasteiger partial charge in [0.2, 0.25) is 0 Å². The van der Waals surface area contributed by atoms with Crippen LogP contribution in [0.1, 0.15) is 12.5 Å². The van der Waals surface area contributed by atoms with Crippen LogP contribution in [0.2, 0.25) is 5.02 Å². The zero-order chi connectivity index (χ0) is 20.5. The van der Waals surface area contributed by atoms with Crippen molar-refractivity contribution in [3.05, 3.63) is 95.5 Å². The second kappa shape index (κ2) is 10.6. The fourth-order valence-electron chi connectivity index (χ4n) is 2.22. The molecule has 0 aliphatic carbocycles. The normalized spacial score (nSPS) is 12.1. The van der Waals surface area contributed by atoms with Crippen LogP contribution in [-0.2, 0) is 16.1 Å². The van der Waals surface area contributed by atoms with Crippen molar-refractivity contribution in [3.8, 4) is 11.5 Å². The molecule has 0 aromatic heterocycles. The van der Waals surface area contributed by atoms with E-state index in [9.17, 15) is 4.79 Å². The van der Waals surface area contributed by atoms with Gasteiger partial charge in [0, 0.05) is 0 Å². The highest BCUT2D eigenvalue weighted by Crippen LogP contribution is 2.43. The third-order valence-electron chi connectivity index (χ3n) is 3.68. The molecule has 0 heterocycles. The van der Waals surface area contributed by atoms with Crippen molar-refractivity contribution in [2.75, 3.05) is 0 Å². The summed E-state index contributed by atoms with van der Waals surface area (Å²) >= 11 is 6.18. The van der Waals surface area contributed by atoms with Crippen molar-refractivity contribution < 1.29 is 18.6 Å².